The lowest BCUT2D eigenvalue weighted by molar-refractivity contribution is -0.124. The Balaban J connectivity index is 1.70. The van der Waals surface area contributed by atoms with Gasteiger partial charge in [-0.15, -0.1) is 0 Å². The fraction of sp³-hybridized carbons (Fsp3) is 0.333. The predicted octanol–water partition coefficient (Wildman–Crippen LogP) is 1.38. The van der Waals surface area contributed by atoms with Crippen molar-refractivity contribution in [3.05, 3.63) is 35.3 Å². The summed E-state index contributed by atoms with van der Waals surface area (Å²) in [5.41, 5.74) is 2.89. The summed E-state index contributed by atoms with van der Waals surface area (Å²) < 4.78 is 1.74. The van der Waals surface area contributed by atoms with Crippen LogP contribution < -0.4 is 5.32 Å². The molecule has 2 aromatic rings. The topological polar surface area (TPSA) is 83.8 Å². The van der Waals surface area contributed by atoms with Crippen LogP contribution in [0.4, 0.5) is 4.79 Å². The number of carbonyl (C=O) groups is 3. The number of hydrogen-bond donors (Lipinski definition) is 1. The molecule has 0 unspecified atom stereocenters. The lowest BCUT2D eigenvalue weighted by Gasteiger charge is -2.13. The molecule has 1 aliphatic rings. The number of aryl methyl sites for hydroxylation is 2. The minimum atomic E-state index is -0.273. The number of rotatable bonds is 4. The van der Waals surface area contributed by atoms with Gasteiger partial charge in [0.2, 0.25) is 5.91 Å². The second-order valence-electron chi connectivity index (χ2n) is 5.33. The van der Waals surface area contributed by atoms with Gasteiger partial charge in [-0.05, 0) is 31.5 Å². The van der Waals surface area contributed by atoms with Crippen LogP contribution in [-0.4, -0.2) is 50.2 Å². The predicted molar refractivity (Wildman–Crippen MR) is 86.6 cm³/mol. The fourth-order valence-electron chi connectivity index (χ4n) is 2.50. The maximum Gasteiger partial charge on any atom is 0.288 e. The number of nitrogens with one attached hydrogen (secondary N) is 1. The Labute approximate surface area is 137 Å². The number of aromatic nitrogens is 2. The first kappa shape index (κ1) is 15.5. The summed E-state index contributed by atoms with van der Waals surface area (Å²) >= 11 is 0.986. The van der Waals surface area contributed by atoms with Gasteiger partial charge in [-0.1, -0.05) is 11.8 Å². The number of imidazole rings is 1. The molecule has 7 nitrogen and oxygen atoms in total. The molecule has 0 spiro atoms. The van der Waals surface area contributed by atoms with Crippen LogP contribution in [0.2, 0.25) is 0 Å². The van der Waals surface area contributed by atoms with E-state index in [2.05, 4.69) is 10.3 Å². The summed E-state index contributed by atoms with van der Waals surface area (Å²) in [6.45, 7) is 4.15. The highest BCUT2D eigenvalue weighted by atomic mass is 32.2. The first-order chi connectivity index (χ1) is 11.0. The van der Waals surface area contributed by atoms with Crippen LogP contribution in [0.25, 0.3) is 5.65 Å². The fourth-order valence-corrected chi connectivity index (χ4v) is 3.25. The van der Waals surface area contributed by atoms with Crippen LogP contribution in [0.3, 0.4) is 0 Å². The highest BCUT2D eigenvalue weighted by molar-refractivity contribution is 8.14. The molecule has 2 aromatic heterocycles. The Hall–Kier alpha value is -2.35. The number of thioether (sulfide) groups is 1. The summed E-state index contributed by atoms with van der Waals surface area (Å²) in [5.74, 6) is -0.306. The average Bonchev–Trinajstić information content (AvgIpc) is 2.99. The smallest absolute Gasteiger partial charge is 0.288 e. The average molecular weight is 332 g/mol. The molecule has 0 saturated carbocycles. The van der Waals surface area contributed by atoms with Crippen molar-refractivity contribution in [2.75, 3.05) is 18.8 Å². The maximum atomic E-state index is 12.4. The number of imide groups is 1. The molecule has 0 radical (unpaired) electrons. The molecule has 23 heavy (non-hydrogen) atoms. The molecule has 3 amide bonds. The number of hydrogen-bond acceptors (Lipinski definition) is 5. The Kier molecular flexibility index (Phi) is 4.08. The standard InChI is InChI=1S/C15H16N4O3S/c1-9-3-5-18-11(7-9)17-10(2)13(18)14(21)16-4-6-19-12(20)8-23-15(19)22/h3,5,7H,4,6,8H2,1-2H3,(H,16,21). The zero-order valence-corrected chi connectivity index (χ0v) is 13.6. The molecule has 0 aromatic carbocycles. The molecule has 120 valence electrons. The van der Waals surface area contributed by atoms with Gasteiger partial charge in [0, 0.05) is 19.3 Å². The number of carbonyl (C=O) groups excluding carboxylic acids is 3. The summed E-state index contributed by atoms with van der Waals surface area (Å²) in [7, 11) is 0. The second-order valence-corrected chi connectivity index (χ2v) is 6.26. The van der Waals surface area contributed by atoms with E-state index in [4.69, 9.17) is 0 Å². The quantitative estimate of drug-likeness (QED) is 0.914. The van der Waals surface area contributed by atoms with Crippen LogP contribution in [0, 0.1) is 13.8 Å². The zero-order chi connectivity index (χ0) is 16.6. The summed E-state index contributed by atoms with van der Waals surface area (Å²) in [4.78, 5) is 40.9. The van der Waals surface area contributed by atoms with Crippen molar-refractivity contribution in [3.8, 4) is 0 Å². The van der Waals surface area contributed by atoms with Crippen LogP contribution in [0.1, 0.15) is 21.7 Å². The Bertz CT molecular complexity index is 798. The van der Waals surface area contributed by atoms with E-state index in [9.17, 15) is 14.4 Å². The van der Waals surface area contributed by atoms with Gasteiger partial charge in [0.25, 0.3) is 11.1 Å². The van der Waals surface area contributed by atoms with E-state index in [0.29, 0.717) is 17.0 Å². The zero-order valence-electron chi connectivity index (χ0n) is 12.8. The molecular weight excluding hydrogens is 316 g/mol. The van der Waals surface area contributed by atoms with E-state index in [1.165, 1.54) is 0 Å². The SMILES string of the molecule is Cc1ccn2c(C(=O)NCCN3C(=O)CSC3=O)c(C)nc2c1. The van der Waals surface area contributed by atoms with Crippen molar-refractivity contribution in [2.24, 2.45) is 0 Å². The van der Waals surface area contributed by atoms with E-state index >= 15 is 0 Å². The molecule has 3 rings (SSSR count). The van der Waals surface area contributed by atoms with Gasteiger partial charge in [0.15, 0.2) is 0 Å². The lowest BCUT2D eigenvalue weighted by atomic mass is 10.3. The molecule has 8 heteroatoms. The Morgan fingerprint density at radius 3 is 2.87 bits per heavy atom. The van der Waals surface area contributed by atoms with Crippen molar-refractivity contribution >= 4 is 34.5 Å². The Morgan fingerprint density at radius 1 is 1.39 bits per heavy atom. The first-order valence-corrected chi connectivity index (χ1v) is 8.16. The van der Waals surface area contributed by atoms with Crippen molar-refractivity contribution < 1.29 is 14.4 Å². The summed E-state index contributed by atoms with van der Waals surface area (Å²) in [5, 5.41) is 2.49. The molecule has 1 fully saturated rings. The number of amides is 3. The van der Waals surface area contributed by atoms with E-state index in [1.807, 2.05) is 25.3 Å². The van der Waals surface area contributed by atoms with Gasteiger partial charge >= 0.3 is 0 Å². The molecular formula is C15H16N4O3S. The van der Waals surface area contributed by atoms with Gasteiger partial charge in [-0.2, -0.15) is 0 Å². The molecule has 1 aliphatic heterocycles. The molecule has 3 heterocycles. The van der Waals surface area contributed by atoms with Crippen LogP contribution in [0.15, 0.2) is 18.3 Å². The minimum Gasteiger partial charge on any atom is -0.349 e. The highest BCUT2D eigenvalue weighted by Crippen LogP contribution is 2.18. The first-order valence-electron chi connectivity index (χ1n) is 7.18. The summed E-state index contributed by atoms with van der Waals surface area (Å²) in [6, 6.07) is 3.81. The third kappa shape index (κ3) is 2.94. The molecule has 0 bridgehead atoms. The van der Waals surface area contributed by atoms with E-state index in [-0.39, 0.29) is 35.9 Å². The van der Waals surface area contributed by atoms with Crippen molar-refractivity contribution in [1.82, 2.24) is 19.6 Å². The highest BCUT2D eigenvalue weighted by Gasteiger charge is 2.29. The summed E-state index contributed by atoms with van der Waals surface area (Å²) in [6.07, 6.45) is 1.81. The molecule has 0 aliphatic carbocycles. The molecule has 1 saturated heterocycles. The number of nitrogens with zero attached hydrogens (tertiary/aromatic N) is 3. The van der Waals surface area contributed by atoms with E-state index < -0.39 is 0 Å². The largest absolute Gasteiger partial charge is 0.349 e. The normalized spacial score (nSPS) is 14.8. The maximum absolute atomic E-state index is 12.4. The van der Waals surface area contributed by atoms with E-state index in [0.717, 1.165) is 22.2 Å². The van der Waals surface area contributed by atoms with Crippen molar-refractivity contribution in [1.29, 1.82) is 0 Å². The van der Waals surface area contributed by atoms with Gasteiger partial charge in [0.05, 0.1) is 11.4 Å². The third-order valence-electron chi connectivity index (χ3n) is 3.63. The van der Waals surface area contributed by atoms with Gasteiger partial charge in [-0.3, -0.25) is 23.7 Å². The van der Waals surface area contributed by atoms with E-state index in [1.54, 1.807) is 11.3 Å². The van der Waals surface area contributed by atoms with Crippen molar-refractivity contribution in [2.45, 2.75) is 13.8 Å². The lowest BCUT2D eigenvalue weighted by Crippen LogP contribution is -2.37. The van der Waals surface area contributed by atoms with Crippen LogP contribution >= 0.6 is 11.8 Å². The molecule has 0 atom stereocenters. The number of fused-ring (bicyclic) bond motifs is 1. The van der Waals surface area contributed by atoms with Gasteiger partial charge < -0.3 is 5.32 Å². The molecule has 1 N–H and O–H groups in total. The van der Waals surface area contributed by atoms with Crippen molar-refractivity contribution in [3.63, 3.8) is 0 Å². The minimum absolute atomic E-state index is 0.179. The Morgan fingerprint density at radius 2 is 2.17 bits per heavy atom. The number of pyridine rings is 1. The van der Waals surface area contributed by atoms with Gasteiger partial charge in [-0.25, -0.2) is 4.98 Å². The third-order valence-corrected chi connectivity index (χ3v) is 4.49. The van der Waals surface area contributed by atoms with Crippen LogP contribution in [0.5, 0.6) is 0 Å². The second kappa shape index (κ2) is 6.04. The van der Waals surface area contributed by atoms with Crippen LogP contribution in [-0.2, 0) is 4.79 Å². The van der Waals surface area contributed by atoms with Gasteiger partial charge in [0.1, 0.15) is 11.3 Å². The monoisotopic (exact) mass is 332 g/mol.